The fraction of sp³-hybridized carbons (Fsp3) is 0.294. The van der Waals surface area contributed by atoms with Gasteiger partial charge in [0.25, 0.3) is 5.91 Å². The molecule has 5 nitrogen and oxygen atoms in total. The summed E-state index contributed by atoms with van der Waals surface area (Å²) < 4.78 is 0. The molecule has 2 N–H and O–H groups in total. The number of piperazine rings is 1. The van der Waals surface area contributed by atoms with Gasteiger partial charge in [-0.15, -0.1) is 0 Å². The number of hydrogen-bond donors (Lipinski definition) is 1. The Labute approximate surface area is 130 Å². The maximum atomic E-state index is 11.7. The number of aromatic nitrogens is 1. The summed E-state index contributed by atoms with van der Waals surface area (Å²) in [5.74, 6) is 0.241. The highest BCUT2D eigenvalue weighted by Gasteiger charge is 2.29. The number of anilines is 1. The number of benzene rings is 1. The molecule has 1 aromatic carbocycles. The molecule has 0 saturated carbocycles. The van der Waals surface area contributed by atoms with Crippen molar-refractivity contribution in [2.24, 2.45) is 5.73 Å². The second-order valence-electron chi connectivity index (χ2n) is 5.62. The van der Waals surface area contributed by atoms with E-state index in [2.05, 4.69) is 34.0 Å². The van der Waals surface area contributed by atoms with Crippen LogP contribution in [-0.2, 0) is 0 Å². The zero-order valence-electron chi connectivity index (χ0n) is 12.6. The normalized spacial score (nSPS) is 19.1. The van der Waals surface area contributed by atoms with Gasteiger partial charge in [-0.25, -0.2) is 4.98 Å². The molecule has 1 aliphatic heterocycles. The molecule has 22 heavy (non-hydrogen) atoms. The average Bonchev–Trinajstić information content (AvgIpc) is 2.55. The number of hydrogen-bond acceptors (Lipinski definition) is 4. The predicted octanol–water partition coefficient (Wildman–Crippen LogP) is 1.67. The minimum Gasteiger partial charge on any atom is -0.365 e. The van der Waals surface area contributed by atoms with Crippen molar-refractivity contribution in [2.45, 2.75) is 6.04 Å². The number of carbonyl (C=O) groups excluding carboxylic acids is 1. The van der Waals surface area contributed by atoms with Crippen LogP contribution in [0, 0.1) is 0 Å². The first-order chi connectivity index (χ1) is 10.7. The molecular formula is C17H20N4O. The van der Waals surface area contributed by atoms with E-state index in [0.29, 0.717) is 11.4 Å². The minimum atomic E-state index is -0.436. The molecule has 0 spiro atoms. The number of nitrogens with zero attached hydrogens (tertiary/aromatic N) is 3. The molecule has 1 saturated heterocycles. The van der Waals surface area contributed by atoms with Crippen molar-refractivity contribution in [3.8, 4) is 0 Å². The van der Waals surface area contributed by atoms with E-state index >= 15 is 0 Å². The fourth-order valence-electron chi connectivity index (χ4n) is 2.95. The molecule has 1 atom stereocenters. The van der Waals surface area contributed by atoms with Crippen LogP contribution in [0.25, 0.3) is 0 Å². The van der Waals surface area contributed by atoms with Crippen LogP contribution < -0.4 is 10.6 Å². The van der Waals surface area contributed by atoms with Crippen molar-refractivity contribution in [1.82, 2.24) is 9.88 Å². The molecule has 3 rings (SSSR count). The SMILES string of the molecule is CN1CCN(c2ncccc2C(N)=O)C(c2ccccc2)C1. The summed E-state index contributed by atoms with van der Waals surface area (Å²) in [5.41, 5.74) is 7.21. The third kappa shape index (κ3) is 2.80. The molecule has 1 aromatic heterocycles. The molecular weight excluding hydrogens is 276 g/mol. The lowest BCUT2D eigenvalue weighted by Gasteiger charge is -2.41. The molecule has 1 amide bonds. The summed E-state index contributed by atoms with van der Waals surface area (Å²) in [4.78, 5) is 20.6. The van der Waals surface area contributed by atoms with Crippen LogP contribution >= 0.6 is 0 Å². The summed E-state index contributed by atoms with van der Waals surface area (Å²) in [6.45, 7) is 2.63. The zero-order chi connectivity index (χ0) is 15.5. The van der Waals surface area contributed by atoms with E-state index in [0.717, 1.165) is 19.6 Å². The number of likely N-dealkylation sites (N-methyl/N-ethyl adjacent to an activating group) is 1. The van der Waals surface area contributed by atoms with Crippen LogP contribution in [0.2, 0.25) is 0 Å². The molecule has 1 unspecified atom stereocenters. The Hall–Kier alpha value is -2.40. The molecule has 2 aromatic rings. The van der Waals surface area contributed by atoms with Gasteiger partial charge in [0.15, 0.2) is 0 Å². The summed E-state index contributed by atoms with van der Waals surface area (Å²) in [7, 11) is 2.11. The van der Waals surface area contributed by atoms with Crippen molar-refractivity contribution in [3.05, 3.63) is 59.8 Å². The standard InChI is InChI=1S/C17H20N4O/c1-20-10-11-21(15(12-20)13-6-3-2-4-7-13)17-14(16(18)22)8-5-9-19-17/h2-9,15H,10-12H2,1H3,(H2,18,22). The number of primary amides is 1. The molecule has 5 heteroatoms. The minimum absolute atomic E-state index is 0.160. The number of pyridine rings is 1. The molecule has 0 aliphatic carbocycles. The highest BCUT2D eigenvalue weighted by atomic mass is 16.1. The van der Waals surface area contributed by atoms with Gasteiger partial charge in [-0.2, -0.15) is 0 Å². The number of amides is 1. The lowest BCUT2D eigenvalue weighted by molar-refractivity contribution is 0.1000. The Kier molecular flexibility index (Phi) is 4.06. The smallest absolute Gasteiger partial charge is 0.252 e. The molecule has 114 valence electrons. The predicted molar refractivity (Wildman–Crippen MR) is 86.8 cm³/mol. The van der Waals surface area contributed by atoms with E-state index in [1.54, 1.807) is 18.3 Å². The Balaban J connectivity index is 2.02. The number of rotatable bonds is 3. The highest BCUT2D eigenvalue weighted by molar-refractivity contribution is 5.97. The number of carbonyl (C=O) groups is 1. The largest absolute Gasteiger partial charge is 0.365 e. The maximum absolute atomic E-state index is 11.7. The van der Waals surface area contributed by atoms with E-state index in [9.17, 15) is 4.79 Å². The lowest BCUT2D eigenvalue weighted by Crippen LogP contribution is -2.47. The van der Waals surface area contributed by atoms with Crippen LogP contribution in [0.5, 0.6) is 0 Å². The maximum Gasteiger partial charge on any atom is 0.252 e. The van der Waals surface area contributed by atoms with Gasteiger partial charge in [-0.3, -0.25) is 4.79 Å². The van der Waals surface area contributed by atoms with Crippen LogP contribution in [0.3, 0.4) is 0 Å². The van der Waals surface area contributed by atoms with Crippen LogP contribution in [0.15, 0.2) is 48.7 Å². The van der Waals surface area contributed by atoms with Crippen molar-refractivity contribution >= 4 is 11.7 Å². The van der Waals surface area contributed by atoms with Gasteiger partial charge in [-0.1, -0.05) is 30.3 Å². The first-order valence-corrected chi connectivity index (χ1v) is 7.42. The van der Waals surface area contributed by atoms with Gasteiger partial charge >= 0.3 is 0 Å². The van der Waals surface area contributed by atoms with Crippen molar-refractivity contribution in [3.63, 3.8) is 0 Å². The van der Waals surface area contributed by atoms with Gasteiger partial charge in [0, 0.05) is 25.8 Å². The fourth-order valence-corrected chi connectivity index (χ4v) is 2.95. The van der Waals surface area contributed by atoms with E-state index < -0.39 is 5.91 Å². The van der Waals surface area contributed by atoms with E-state index in [1.807, 2.05) is 18.2 Å². The Bertz CT molecular complexity index is 659. The van der Waals surface area contributed by atoms with Gasteiger partial charge < -0.3 is 15.5 Å². The van der Waals surface area contributed by atoms with E-state index in [4.69, 9.17) is 5.73 Å². The highest BCUT2D eigenvalue weighted by Crippen LogP contribution is 2.30. The molecule has 0 radical (unpaired) electrons. The van der Waals surface area contributed by atoms with Crippen LogP contribution in [0.4, 0.5) is 5.82 Å². The first-order valence-electron chi connectivity index (χ1n) is 7.42. The zero-order valence-corrected chi connectivity index (χ0v) is 12.6. The summed E-state index contributed by atoms with van der Waals surface area (Å²) in [6, 6.07) is 14.0. The van der Waals surface area contributed by atoms with Crippen molar-refractivity contribution in [1.29, 1.82) is 0 Å². The van der Waals surface area contributed by atoms with Gasteiger partial charge in [0.1, 0.15) is 5.82 Å². The number of nitrogens with two attached hydrogens (primary N) is 1. The van der Waals surface area contributed by atoms with E-state index in [1.165, 1.54) is 5.56 Å². The Morgan fingerprint density at radius 1 is 1.18 bits per heavy atom. The van der Waals surface area contributed by atoms with Crippen LogP contribution in [-0.4, -0.2) is 42.5 Å². The topological polar surface area (TPSA) is 62.5 Å². The van der Waals surface area contributed by atoms with Gasteiger partial charge in [-0.05, 0) is 24.7 Å². The second-order valence-corrected chi connectivity index (χ2v) is 5.62. The third-order valence-electron chi connectivity index (χ3n) is 4.09. The first kappa shape index (κ1) is 14.5. The second kappa shape index (κ2) is 6.15. The van der Waals surface area contributed by atoms with Crippen LogP contribution in [0.1, 0.15) is 22.0 Å². The molecule has 1 fully saturated rings. The molecule has 2 heterocycles. The lowest BCUT2D eigenvalue weighted by atomic mass is 10.0. The van der Waals surface area contributed by atoms with Gasteiger partial charge in [0.2, 0.25) is 0 Å². The van der Waals surface area contributed by atoms with Gasteiger partial charge in [0.05, 0.1) is 11.6 Å². The monoisotopic (exact) mass is 296 g/mol. The molecule has 0 bridgehead atoms. The average molecular weight is 296 g/mol. The van der Waals surface area contributed by atoms with E-state index in [-0.39, 0.29) is 6.04 Å². The Morgan fingerprint density at radius 3 is 2.68 bits per heavy atom. The van der Waals surface area contributed by atoms with Crippen molar-refractivity contribution < 1.29 is 4.79 Å². The summed E-state index contributed by atoms with van der Waals surface area (Å²) >= 11 is 0. The quantitative estimate of drug-likeness (QED) is 0.936. The summed E-state index contributed by atoms with van der Waals surface area (Å²) in [5, 5.41) is 0. The summed E-state index contributed by atoms with van der Waals surface area (Å²) in [6.07, 6.45) is 1.71. The Morgan fingerprint density at radius 2 is 1.95 bits per heavy atom. The molecule has 1 aliphatic rings. The van der Waals surface area contributed by atoms with Crippen molar-refractivity contribution in [2.75, 3.05) is 31.6 Å². The third-order valence-corrected chi connectivity index (χ3v) is 4.09.